The summed E-state index contributed by atoms with van der Waals surface area (Å²) in [6, 6.07) is 3.67. The molecular formula is C14H16N6O2S. The van der Waals surface area contributed by atoms with E-state index >= 15 is 0 Å². The van der Waals surface area contributed by atoms with E-state index in [2.05, 4.69) is 19.9 Å². The molecule has 0 atom stereocenters. The van der Waals surface area contributed by atoms with Gasteiger partial charge in [0.1, 0.15) is 4.90 Å². The second kappa shape index (κ2) is 5.94. The van der Waals surface area contributed by atoms with Crippen molar-refractivity contribution < 1.29 is 8.42 Å². The van der Waals surface area contributed by atoms with Gasteiger partial charge in [0.2, 0.25) is 10.0 Å². The summed E-state index contributed by atoms with van der Waals surface area (Å²) < 4.78 is 29.9. The summed E-state index contributed by atoms with van der Waals surface area (Å²) in [5.41, 5.74) is 2.47. The highest BCUT2D eigenvalue weighted by atomic mass is 32.2. The maximum Gasteiger partial charge on any atom is 0.243 e. The number of sulfonamides is 1. The van der Waals surface area contributed by atoms with Gasteiger partial charge in [-0.1, -0.05) is 6.07 Å². The highest BCUT2D eigenvalue weighted by Gasteiger charge is 2.15. The lowest BCUT2D eigenvalue weighted by Crippen LogP contribution is -2.23. The van der Waals surface area contributed by atoms with Crippen molar-refractivity contribution in [3.63, 3.8) is 0 Å². The third kappa shape index (κ3) is 3.46. The van der Waals surface area contributed by atoms with Crippen molar-refractivity contribution in [2.45, 2.75) is 11.4 Å². The Balaban J connectivity index is 1.69. The van der Waals surface area contributed by atoms with Crippen LogP contribution in [0, 0.1) is 0 Å². The van der Waals surface area contributed by atoms with E-state index in [1.807, 2.05) is 25.4 Å². The Bertz CT molecular complexity index is 911. The van der Waals surface area contributed by atoms with Crippen LogP contribution in [0.5, 0.6) is 0 Å². The van der Waals surface area contributed by atoms with Gasteiger partial charge in [-0.3, -0.25) is 14.3 Å². The van der Waals surface area contributed by atoms with Gasteiger partial charge in [0, 0.05) is 44.8 Å². The first-order valence-electron chi connectivity index (χ1n) is 6.86. The van der Waals surface area contributed by atoms with E-state index in [0.29, 0.717) is 0 Å². The minimum absolute atomic E-state index is 0.139. The first kappa shape index (κ1) is 15.4. The molecule has 0 unspecified atom stereocenters. The lowest BCUT2D eigenvalue weighted by Gasteiger charge is -2.05. The summed E-state index contributed by atoms with van der Waals surface area (Å²) in [6.07, 6.45) is 8.01. The Morgan fingerprint density at radius 3 is 2.35 bits per heavy atom. The molecule has 3 aromatic rings. The molecule has 0 bridgehead atoms. The first-order valence-corrected chi connectivity index (χ1v) is 8.34. The van der Waals surface area contributed by atoms with Crippen LogP contribution in [0.4, 0.5) is 0 Å². The lowest BCUT2D eigenvalue weighted by molar-refractivity contribution is 0.581. The van der Waals surface area contributed by atoms with Gasteiger partial charge in [-0.15, -0.1) is 0 Å². The largest absolute Gasteiger partial charge is 0.275 e. The summed E-state index contributed by atoms with van der Waals surface area (Å²) >= 11 is 0. The van der Waals surface area contributed by atoms with Crippen molar-refractivity contribution in [3.8, 4) is 11.3 Å². The summed E-state index contributed by atoms with van der Waals surface area (Å²) in [5, 5.41) is 7.96. The van der Waals surface area contributed by atoms with E-state index in [1.54, 1.807) is 24.1 Å². The smallest absolute Gasteiger partial charge is 0.243 e. The van der Waals surface area contributed by atoms with E-state index < -0.39 is 10.0 Å². The fourth-order valence-electron chi connectivity index (χ4n) is 2.05. The van der Waals surface area contributed by atoms with Crippen LogP contribution in [0.3, 0.4) is 0 Å². The summed E-state index contributed by atoms with van der Waals surface area (Å²) in [4.78, 5) is 4.47. The van der Waals surface area contributed by atoms with Crippen molar-refractivity contribution in [1.29, 1.82) is 0 Å². The molecule has 0 fully saturated rings. The van der Waals surface area contributed by atoms with Crippen LogP contribution in [-0.2, 0) is 30.7 Å². The van der Waals surface area contributed by atoms with Gasteiger partial charge in [-0.05, 0) is 11.6 Å². The molecule has 23 heavy (non-hydrogen) atoms. The molecule has 0 radical (unpaired) electrons. The van der Waals surface area contributed by atoms with Gasteiger partial charge in [0.25, 0.3) is 0 Å². The van der Waals surface area contributed by atoms with Crippen molar-refractivity contribution in [3.05, 3.63) is 48.7 Å². The van der Waals surface area contributed by atoms with Gasteiger partial charge in [-0.2, -0.15) is 10.2 Å². The molecule has 9 heteroatoms. The van der Waals surface area contributed by atoms with Crippen LogP contribution < -0.4 is 4.72 Å². The summed E-state index contributed by atoms with van der Waals surface area (Å²) in [5.74, 6) is 0. The maximum absolute atomic E-state index is 12.1. The quantitative estimate of drug-likeness (QED) is 0.742. The second-order valence-electron chi connectivity index (χ2n) is 5.13. The monoisotopic (exact) mass is 332 g/mol. The number of aryl methyl sites for hydroxylation is 2. The maximum atomic E-state index is 12.1. The van der Waals surface area contributed by atoms with Crippen LogP contribution in [0.25, 0.3) is 11.3 Å². The normalized spacial score (nSPS) is 11.7. The third-order valence-corrected chi connectivity index (χ3v) is 4.64. The Labute approximate surface area is 133 Å². The Morgan fingerprint density at radius 1 is 1.04 bits per heavy atom. The Kier molecular flexibility index (Phi) is 3.97. The molecule has 0 saturated heterocycles. The van der Waals surface area contributed by atoms with Gasteiger partial charge in [-0.25, -0.2) is 13.1 Å². The van der Waals surface area contributed by atoms with Crippen molar-refractivity contribution in [1.82, 2.24) is 29.3 Å². The number of pyridine rings is 1. The van der Waals surface area contributed by atoms with Crippen LogP contribution >= 0.6 is 0 Å². The van der Waals surface area contributed by atoms with Crippen LogP contribution in [0.2, 0.25) is 0 Å². The molecule has 0 amide bonds. The fraction of sp³-hybridized carbons (Fsp3) is 0.214. The van der Waals surface area contributed by atoms with Crippen LogP contribution in [0.15, 0.2) is 48.0 Å². The molecule has 0 aliphatic heterocycles. The zero-order valence-electron chi connectivity index (χ0n) is 12.7. The minimum Gasteiger partial charge on any atom is -0.275 e. The van der Waals surface area contributed by atoms with E-state index in [-0.39, 0.29) is 11.4 Å². The van der Waals surface area contributed by atoms with E-state index in [1.165, 1.54) is 17.1 Å². The Morgan fingerprint density at radius 2 is 1.78 bits per heavy atom. The average Bonchev–Trinajstić information content (AvgIpc) is 3.15. The summed E-state index contributed by atoms with van der Waals surface area (Å²) in [6.45, 7) is 0.164. The van der Waals surface area contributed by atoms with Crippen LogP contribution in [-0.4, -0.2) is 33.0 Å². The van der Waals surface area contributed by atoms with Gasteiger partial charge in [0.05, 0.1) is 18.1 Å². The second-order valence-corrected chi connectivity index (χ2v) is 6.90. The predicted octanol–water partition coefficient (Wildman–Crippen LogP) is 0.694. The number of nitrogens with one attached hydrogen (secondary N) is 1. The minimum atomic E-state index is -3.57. The summed E-state index contributed by atoms with van der Waals surface area (Å²) in [7, 11) is -0.0659. The molecule has 0 saturated carbocycles. The molecule has 0 aliphatic rings. The van der Waals surface area contributed by atoms with Gasteiger partial charge >= 0.3 is 0 Å². The average molecular weight is 332 g/mol. The molecule has 3 heterocycles. The van der Waals surface area contributed by atoms with Crippen molar-refractivity contribution in [2.75, 3.05) is 0 Å². The van der Waals surface area contributed by atoms with Crippen molar-refractivity contribution in [2.24, 2.45) is 14.1 Å². The molecule has 0 aliphatic carbocycles. The molecule has 1 N–H and O–H groups in total. The zero-order chi connectivity index (χ0) is 16.4. The van der Waals surface area contributed by atoms with E-state index in [0.717, 1.165) is 16.8 Å². The number of aromatic nitrogens is 5. The molecule has 120 valence electrons. The molecule has 3 aromatic heterocycles. The highest BCUT2D eigenvalue weighted by Crippen LogP contribution is 2.16. The molecule has 0 aromatic carbocycles. The van der Waals surface area contributed by atoms with Crippen molar-refractivity contribution >= 4 is 10.0 Å². The van der Waals surface area contributed by atoms with Gasteiger partial charge in [0.15, 0.2) is 0 Å². The third-order valence-electron chi connectivity index (χ3n) is 3.28. The van der Waals surface area contributed by atoms with E-state index in [4.69, 9.17) is 0 Å². The zero-order valence-corrected chi connectivity index (χ0v) is 13.5. The lowest BCUT2D eigenvalue weighted by atomic mass is 10.2. The Hall–Kier alpha value is -2.52. The standard InChI is InChI=1S/C14H16N6O2S/c1-19-9-12(7-16-19)14-4-3-11(5-15-14)6-18-23(21,22)13-8-17-20(2)10-13/h3-5,7-10,18H,6H2,1-2H3. The number of hydrogen-bond acceptors (Lipinski definition) is 5. The number of nitrogens with zero attached hydrogens (tertiary/aromatic N) is 5. The molecule has 8 nitrogen and oxygen atoms in total. The van der Waals surface area contributed by atoms with Gasteiger partial charge < -0.3 is 0 Å². The predicted molar refractivity (Wildman–Crippen MR) is 83.7 cm³/mol. The topological polar surface area (TPSA) is 94.7 Å². The van der Waals surface area contributed by atoms with Crippen LogP contribution in [0.1, 0.15) is 5.56 Å². The fourth-order valence-corrected chi connectivity index (χ4v) is 3.05. The SMILES string of the molecule is Cn1cc(-c2ccc(CNS(=O)(=O)c3cnn(C)c3)cn2)cn1. The molecule has 0 spiro atoms. The molecular weight excluding hydrogens is 316 g/mol. The molecule has 3 rings (SSSR count). The first-order chi connectivity index (χ1) is 10.9. The van der Waals surface area contributed by atoms with E-state index in [9.17, 15) is 8.42 Å². The number of rotatable bonds is 5. The highest BCUT2D eigenvalue weighted by molar-refractivity contribution is 7.89. The number of hydrogen-bond donors (Lipinski definition) is 1.